The predicted octanol–water partition coefficient (Wildman–Crippen LogP) is 2.28. The van der Waals surface area contributed by atoms with Crippen LogP contribution in [0.4, 0.5) is 0 Å². The van der Waals surface area contributed by atoms with Gasteiger partial charge in [-0.1, -0.05) is 11.6 Å². The monoisotopic (exact) mass is 230 g/mol. The molecule has 0 saturated carbocycles. The van der Waals surface area contributed by atoms with Gasteiger partial charge < -0.3 is 9.84 Å². The highest BCUT2D eigenvalue weighted by Crippen LogP contribution is 2.36. The molecular formula is C9H7ClO3S. The second-order valence-electron chi connectivity index (χ2n) is 2.85. The highest BCUT2D eigenvalue weighted by atomic mass is 35.5. The summed E-state index contributed by atoms with van der Waals surface area (Å²) in [5.74, 6) is 0.0824. The molecule has 74 valence electrons. The number of aliphatic carboxylic acids is 1. The van der Waals surface area contributed by atoms with Crippen molar-refractivity contribution in [2.24, 2.45) is 0 Å². The van der Waals surface area contributed by atoms with E-state index in [9.17, 15) is 4.79 Å². The van der Waals surface area contributed by atoms with E-state index in [-0.39, 0.29) is 0 Å². The third kappa shape index (κ3) is 1.81. The minimum atomic E-state index is -0.932. The maximum Gasteiger partial charge on any atom is 0.345 e. The van der Waals surface area contributed by atoms with Gasteiger partial charge >= 0.3 is 5.97 Å². The molecule has 1 heterocycles. The van der Waals surface area contributed by atoms with E-state index in [1.807, 2.05) is 0 Å². The Balaban J connectivity index is 2.27. The van der Waals surface area contributed by atoms with Crippen molar-refractivity contribution in [3.63, 3.8) is 0 Å². The Morgan fingerprint density at radius 1 is 1.64 bits per heavy atom. The lowest BCUT2D eigenvalue weighted by Crippen LogP contribution is -2.31. The number of carbonyl (C=O) groups is 1. The SMILES string of the molecule is O=C(O)C1CSc2cc(Cl)ccc2O1. The molecule has 0 radical (unpaired) electrons. The van der Waals surface area contributed by atoms with Gasteiger partial charge in [0.25, 0.3) is 0 Å². The van der Waals surface area contributed by atoms with Gasteiger partial charge in [0.2, 0.25) is 6.10 Å². The van der Waals surface area contributed by atoms with Gasteiger partial charge in [-0.2, -0.15) is 0 Å². The average Bonchev–Trinajstić information content (AvgIpc) is 2.16. The molecule has 1 aromatic carbocycles. The lowest BCUT2D eigenvalue weighted by molar-refractivity contribution is -0.144. The highest BCUT2D eigenvalue weighted by Gasteiger charge is 2.25. The van der Waals surface area contributed by atoms with Crippen LogP contribution < -0.4 is 4.74 Å². The third-order valence-electron chi connectivity index (χ3n) is 1.84. The average molecular weight is 231 g/mol. The van der Waals surface area contributed by atoms with Crippen molar-refractivity contribution in [3.8, 4) is 5.75 Å². The molecule has 0 aromatic heterocycles. The molecule has 0 saturated heterocycles. The molecule has 0 spiro atoms. The number of halogens is 1. The molecule has 1 atom stereocenters. The maximum atomic E-state index is 10.7. The van der Waals surface area contributed by atoms with Crippen LogP contribution in [0.25, 0.3) is 0 Å². The fourth-order valence-corrected chi connectivity index (χ4v) is 2.41. The van der Waals surface area contributed by atoms with Crippen molar-refractivity contribution >= 4 is 29.3 Å². The molecule has 0 bridgehead atoms. The number of ether oxygens (including phenoxy) is 1. The van der Waals surface area contributed by atoms with Crippen LogP contribution >= 0.6 is 23.4 Å². The summed E-state index contributed by atoms with van der Waals surface area (Å²) in [4.78, 5) is 11.6. The summed E-state index contributed by atoms with van der Waals surface area (Å²) in [6.07, 6.45) is -0.756. The summed E-state index contributed by atoms with van der Waals surface area (Å²) in [5.41, 5.74) is 0. The molecule has 1 aliphatic heterocycles. The topological polar surface area (TPSA) is 46.5 Å². The van der Waals surface area contributed by atoms with Crippen LogP contribution in [0.3, 0.4) is 0 Å². The van der Waals surface area contributed by atoms with E-state index in [0.29, 0.717) is 16.5 Å². The number of hydrogen-bond donors (Lipinski definition) is 1. The summed E-state index contributed by atoms with van der Waals surface area (Å²) in [6, 6.07) is 5.16. The number of carboxylic acid groups (broad SMARTS) is 1. The Kier molecular flexibility index (Phi) is 2.56. The molecule has 1 aliphatic rings. The maximum absolute atomic E-state index is 10.7. The standard InChI is InChI=1S/C9H7ClO3S/c10-5-1-2-6-8(3-5)14-4-7(13-6)9(11)12/h1-3,7H,4H2,(H,11,12). The van der Waals surface area contributed by atoms with E-state index in [1.54, 1.807) is 18.2 Å². The number of hydrogen-bond acceptors (Lipinski definition) is 3. The zero-order chi connectivity index (χ0) is 10.1. The largest absolute Gasteiger partial charge is 0.478 e. The zero-order valence-electron chi connectivity index (χ0n) is 7.07. The Morgan fingerprint density at radius 2 is 2.43 bits per heavy atom. The molecule has 14 heavy (non-hydrogen) atoms. The van der Waals surface area contributed by atoms with Crippen molar-refractivity contribution in [3.05, 3.63) is 23.2 Å². The van der Waals surface area contributed by atoms with E-state index in [1.165, 1.54) is 11.8 Å². The third-order valence-corrected chi connectivity index (χ3v) is 3.18. The van der Waals surface area contributed by atoms with Gasteiger partial charge in [-0.05, 0) is 18.2 Å². The van der Waals surface area contributed by atoms with Crippen molar-refractivity contribution in [2.45, 2.75) is 11.0 Å². The van der Waals surface area contributed by atoms with Crippen molar-refractivity contribution in [1.29, 1.82) is 0 Å². The van der Waals surface area contributed by atoms with Crippen molar-refractivity contribution < 1.29 is 14.6 Å². The molecule has 0 aliphatic carbocycles. The van der Waals surface area contributed by atoms with Crippen LogP contribution in [0.1, 0.15) is 0 Å². The first kappa shape index (κ1) is 9.68. The van der Waals surface area contributed by atoms with Gasteiger partial charge in [-0.25, -0.2) is 4.79 Å². The van der Waals surface area contributed by atoms with Gasteiger partial charge in [0, 0.05) is 10.8 Å². The molecule has 1 unspecified atom stereocenters. The lowest BCUT2D eigenvalue weighted by atomic mass is 10.3. The van der Waals surface area contributed by atoms with Gasteiger partial charge in [-0.15, -0.1) is 11.8 Å². The van der Waals surface area contributed by atoms with Gasteiger partial charge in [0.1, 0.15) is 5.75 Å². The molecule has 0 fully saturated rings. The Bertz CT molecular complexity index is 380. The number of carboxylic acids is 1. The number of benzene rings is 1. The fraction of sp³-hybridized carbons (Fsp3) is 0.222. The zero-order valence-corrected chi connectivity index (χ0v) is 8.64. The van der Waals surface area contributed by atoms with E-state index in [2.05, 4.69) is 0 Å². The summed E-state index contributed by atoms with van der Waals surface area (Å²) < 4.78 is 5.27. The first-order valence-corrected chi connectivity index (χ1v) is 5.35. The molecule has 1 N–H and O–H groups in total. The lowest BCUT2D eigenvalue weighted by Gasteiger charge is -2.22. The molecule has 3 nitrogen and oxygen atoms in total. The van der Waals surface area contributed by atoms with Crippen LogP contribution in [-0.2, 0) is 4.79 Å². The summed E-state index contributed by atoms with van der Waals surface area (Å²) >= 11 is 7.24. The molecule has 1 aromatic rings. The quantitative estimate of drug-likeness (QED) is 0.804. The van der Waals surface area contributed by atoms with Crippen LogP contribution in [0.5, 0.6) is 5.75 Å². The van der Waals surface area contributed by atoms with E-state index >= 15 is 0 Å². The second kappa shape index (κ2) is 3.71. The van der Waals surface area contributed by atoms with E-state index < -0.39 is 12.1 Å². The Hall–Kier alpha value is -0.870. The summed E-state index contributed by atoms with van der Waals surface area (Å²) in [6.45, 7) is 0. The number of fused-ring (bicyclic) bond motifs is 1. The number of thioether (sulfide) groups is 1. The van der Waals surface area contributed by atoms with Gasteiger partial charge in [0.15, 0.2) is 0 Å². The normalized spacial score (nSPS) is 19.6. The van der Waals surface area contributed by atoms with Crippen LogP contribution in [0.15, 0.2) is 23.1 Å². The van der Waals surface area contributed by atoms with E-state index in [4.69, 9.17) is 21.4 Å². The van der Waals surface area contributed by atoms with E-state index in [0.717, 1.165) is 4.90 Å². The van der Waals surface area contributed by atoms with Gasteiger partial charge in [0.05, 0.1) is 4.90 Å². The second-order valence-corrected chi connectivity index (χ2v) is 4.35. The first-order valence-electron chi connectivity index (χ1n) is 3.98. The first-order chi connectivity index (χ1) is 6.66. The van der Waals surface area contributed by atoms with Crippen molar-refractivity contribution in [1.82, 2.24) is 0 Å². The fourth-order valence-electron chi connectivity index (χ4n) is 1.17. The summed E-state index contributed by atoms with van der Waals surface area (Å²) in [5, 5.41) is 9.39. The molecular weight excluding hydrogens is 224 g/mol. The van der Waals surface area contributed by atoms with Gasteiger partial charge in [-0.3, -0.25) is 0 Å². The molecule has 5 heteroatoms. The Labute approximate surface area is 90.0 Å². The number of rotatable bonds is 1. The van der Waals surface area contributed by atoms with Crippen LogP contribution in [0, 0.1) is 0 Å². The summed E-state index contributed by atoms with van der Waals surface area (Å²) in [7, 11) is 0. The highest BCUT2D eigenvalue weighted by molar-refractivity contribution is 7.99. The Morgan fingerprint density at radius 3 is 3.14 bits per heavy atom. The smallest absolute Gasteiger partial charge is 0.345 e. The minimum Gasteiger partial charge on any atom is -0.478 e. The van der Waals surface area contributed by atoms with Crippen LogP contribution in [-0.4, -0.2) is 22.9 Å². The minimum absolute atomic E-state index is 0.419. The molecule has 0 amide bonds. The van der Waals surface area contributed by atoms with Crippen molar-refractivity contribution in [2.75, 3.05) is 5.75 Å². The van der Waals surface area contributed by atoms with Crippen LogP contribution in [0.2, 0.25) is 5.02 Å². The molecule has 2 rings (SSSR count). The predicted molar refractivity (Wildman–Crippen MR) is 54.2 cm³/mol.